The van der Waals surface area contributed by atoms with E-state index in [1.54, 1.807) is 117 Å². The highest BCUT2D eigenvalue weighted by molar-refractivity contribution is 5.94. The van der Waals surface area contributed by atoms with Crippen LogP contribution in [0.5, 0.6) is 0 Å². The largest absolute Gasteiger partial charge is 0.481 e. The highest BCUT2D eigenvalue weighted by Gasteiger charge is 2.37. The maximum absolute atomic E-state index is 10.9. The third-order valence-corrected chi connectivity index (χ3v) is 15.4. The lowest BCUT2D eigenvalue weighted by molar-refractivity contribution is -0.385. The second-order valence-corrected chi connectivity index (χ2v) is 23.4. The average Bonchev–Trinajstić information content (AvgIpc) is 1.64. The Morgan fingerprint density at radius 1 is 0.400 bits per heavy atom. The molecule has 1 N–H and O–H groups in total. The third kappa shape index (κ3) is 23.9. The molecule has 8 aromatic carbocycles. The minimum atomic E-state index is -0.784. The smallest absolute Gasteiger partial charge is 0.303 e. The summed E-state index contributed by atoms with van der Waals surface area (Å²) in [6.07, 6.45) is 0.264. The van der Waals surface area contributed by atoms with Crippen molar-refractivity contribution in [1.82, 2.24) is 0 Å². The van der Waals surface area contributed by atoms with Gasteiger partial charge in [-0.1, -0.05) is 121 Å². The summed E-state index contributed by atoms with van der Waals surface area (Å²) < 4.78 is 0. The molecule has 526 valence electrons. The number of hydrogen-bond donors (Lipinski definition) is 1. The van der Waals surface area contributed by atoms with Gasteiger partial charge in [-0.25, -0.2) is 9.69 Å². The summed E-state index contributed by atoms with van der Waals surface area (Å²) in [5.41, 5.74) is 9.41. The van der Waals surface area contributed by atoms with Gasteiger partial charge in [-0.05, 0) is 70.5 Å². The number of carbonyl (C=O) groups excluding carboxylic acids is 2. The maximum atomic E-state index is 10.9. The molecule has 0 fully saturated rings. The molecule has 17 rings (SSSR count). The molecule has 0 aromatic heterocycles. The molecule has 0 unspecified atom stereocenters. The zero-order valence-electron chi connectivity index (χ0n) is 56.0. The van der Waals surface area contributed by atoms with Gasteiger partial charge in [-0.2, -0.15) is 92.1 Å². The first kappa shape index (κ1) is 74.8. The van der Waals surface area contributed by atoms with Crippen LogP contribution in [0.2, 0.25) is 0 Å². The lowest BCUT2D eigenvalue weighted by atomic mass is 10.1. The number of ketones is 2. The number of Topliss-reactive ketones (excluding diaryl/α,β-unsaturated/α-hetero) is 2. The predicted octanol–water partition coefficient (Wildman–Crippen LogP) is 19.7. The van der Waals surface area contributed by atoms with Crippen LogP contribution in [0.25, 0.3) is 9.69 Å². The van der Waals surface area contributed by atoms with Gasteiger partial charge in [0.25, 0.3) is 22.7 Å². The Hall–Kier alpha value is -14.5. The van der Waals surface area contributed by atoms with Crippen LogP contribution in [0.1, 0.15) is 150 Å². The van der Waals surface area contributed by atoms with Crippen molar-refractivity contribution in [3.8, 4) is 0 Å². The van der Waals surface area contributed by atoms with E-state index >= 15 is 0 Å². The average molecular weight is 1420 g/mol. The summed E-state index contributed by atoms with van der Waals surface area (Å²) in [4.78, 5) is 78.1. The van der Waals surface area contributed by atoms with Gasteiger partial charge in [0.2, 0.25) is 48.3 Å². The molecule has 9 heterocycles. The Labute approximate surface area is 595 Å². The van der Waals surface area contributed by atoms with Crippen molar-refractivity contribution in [2.24, 2.45) is 92.1 Å². The predicted molar refractivity (Wildman–Crippen MR) is 371 cm³/mol. The number of para-hydroxylation sites is 1. The number of benzene rings is 8. The molecule has 0 aliphatic carbocycles. The standard InChI is InChI=1S/C9H7N3.2C9H8N2O.C8H7N3O2.C8H5N3.3C7H5N3O2.C5H8N2O2/c1-9(11-12-9)7-3-5-8(10-2)6-4-7;2*1-6(12)7-2-4-8(5-3-7)9-10-11-9;1-8(9-10-8)6-2-4-7(5-3-6)11(12)13;1-9-7-4-2-6(3-5-7)8-10-11-8;11-10(12)6-3-1-5(2-4-6)7-8-9-7;11-10(12)6-3-1-2-5(4-6)7-8-9-7;11-10(12)6-4-2-1-3-5(6)7-8-9-7;1-5(6-7-5)3-2-4(8)9/h3-6H,1H3;2*2-5,9H,1H3;2-5H,1H3;2-5,8H;3*1-4,7H;2-3H2,1H3,(H,8,9). The first-order chi connectivity index (χ1) is 50.3. The fourth-order valence-corrected chi connectivity index (χ4v) is 8.59. The highest BCUT2D eigenvalue weighted by atomic mass is 16.6. The second kappa shape index (κ2) is 33.6. The van der Waals surface area contributed by atoms with E-state index in [1.165, 1.54) is 42.5 Å². The van der Waals surface area contributed by atoms with Gasteiger partial charge in [-0.15, -0.1) is 0 Å². The van der Waals surface area contributed by atoms with Crippen molar-refractivity contribution in [2.75, 3.05) is 0 Å². The molecule has 8 aromatic rings. The number of hydrogen-bond acceptors (Lipinski definition) is 29. The van der Waals surface area contributed by atoms with E-state index < -0.39 is 31.3 Å². The quantitative estimate of drug-likeness (QED) is 0.0385. The zero-order chi connectivity index (χ0) is 75.4. The van der Waals surface area contributed by atoms with Crippen LogP contribution < -0.4 is 0 Å². The topological polar surface area (TPSA) is 475 Å². The molecular formula is C69H58N24O12. The maximum Gasteiger partial charge on any atom is 0.303 e. The normalized spacial score (nSPS) is 15.6. The third-order valence-electron chi connectivity index (χ3n) is 15.4. The van der Waals surface area contributed by atoms with Gasteiger partial charge in [0.1, 0.15) is 0 Å². The Morgan fingerprint density at radius 2 is 0.733 bits per heavy atom. The van der Waals surface area contributed by atoms with E-state index in [2.05, 4.69) is 102 Å². The molecule has 9 aliphatic heterocycles. The van der Waals surface area contributed by atoms with E-state index in [4.69, 9.17) is 18.3 Å². The molecule has 0 saturated carbocycles. The Kier molecular flexibility index (Phi) is 23.9. The molecule has 36 heteroatoms. The summed E-state index contributed by atoms with van der Waals surface area (Å²) in [6, 6.07) is 54.9. The van der Waals surface area contributed by atoms with Crippen molar-refractivity contribution in [3.05, 3.63) is 313 Å². The first-order valence-electron chi connectivity index (χ1n) is 31.3. The van der Waals surface area contributed by atoms with Crippen LogP contribution in [0.4, 0.5) is 34.1 Å². The van der Waals surface area contributed by atoms with E-state index in [0.717, 1.165) is 50.1 Å². The fourth-order valence-electron chi connectivity index (χ4n) is 8.59. The van der Waals surface area contributed by atoms with Crippen LogP contribution in [-0.2, 0) is 16.1 Å². The number of aliphatic carboxylic acids is 1. The fraction of sp³-hybridized carbons (Fsp3) is 0.232. The highest BCUT2D eigenvalue weighted by Crippen LogP contribution is 2.42. The Morgan fingerprint density at radius 3 is 1.06 bits per heavy atom. The van der Waals surface area contributed by atoms with Gasteiger partial charge in [0.15, 0.2) is 28.6 Å². The molecular weight excluding hydrogens is 1360 g/mol. The number of rotatable bonds is 17. The zero-order valence-corrected chi connectivity index (χ0v) is 56.0. The van der Waals surface area contributed by atoms with Crippen molar-refractivity contribution in [2.45, 2.75) is 101 Å². The Bertz CT molecular complexity index is 4740. The summed E-state index contributed by atoms with van der Waals surface area (Å²) >= 11 is 0. The van der Waals surface area contributed by atoms with Gasteiger partial charge in [0.05, 0.1) is 38.4 Å². The number of nitro groups is 4. The van der Waals surface area contributed by atoms with Crippen LogP contribution in [0.3, 0.4) is 0 Å². The summed E-state index contributed by atoms with van der Waals surface area (Å²) in [6.45, 7) is 22.2. The summed E-state index contributed by atoms with van der Waals surface area (Å²) in [5.74, 6) is -0.606. The molecule has 0 radical (unpaired) electrons. The Balaban J connectivity index is 0.000000137. The number of carbonyl (C=O) groups is 3. The molecule has 0 spiro atoms. The van der Waals surface area contributed by atoms with Gasteiger partial charge >= 0.3 is 5.97 Å². The van der Waals surface area contributed by atoms with Crippen LogP contribution in [0, 0.1) is 53.6 Å². The number of carboxylic acids is 1. The molecule has 105 heavy (non-hydrogen) atoms. The van der Waals surface area contributed by atoms with Crippen LogP contribution >= 0.6 is 0 Å². The monoisotopic (exact) mass is 1410 g/mol. The van der Waals surface area contributed by atoms with Crippen molar-refractivity contribution >= 4 is 51.7 Å². The minimum absolute atomic E-state index is 0.0333. The minimum Gasteiger partial charge on any atom is -0.481 e. The number of nitrogens with zero attached hydrogens (tertiary/aromatic N) is 24. The van der Waals surface area contributed by atoms with Crippen LogP contribution in [0.15, 0.2) is 286 Å². The van der Waals surface area contributed by atoms with E-state index in [9.17, 15) is 54.8 Å². The number of carboxylic acid groups (broad SMARTS) is 1. The molecule has 0 amide bonds. The number of non-ortho nitro benzene ring substituents is 3. The SMILES string of the molecule is CC(=O)c1ccc(C2N=N2)cc1.CC(=O)c1ccc(C2N=N2)cc1.CC1(CCC(=O)O)N=N1.CC1(c2ccc([N+](=O)[O-])cc2)N=N1.O=[N+]([O-])c1ccc(C2N=N2)cc1.O=[N+]([O-])c1cccc(C2N=N2)c1.O=[N+]([O-])c1ccccc1C1N=N1.[C-]#[N+]c1ccc(C2(C)N=N2)cc1.[C-]#[N+]c1ccc(C2N=N2)cc1. The van der Waals surface area contributed by atoms with Gasteiger partial charge < -0.3 is 5.11 Å². The van der Waals surface area contributed by atoms with Crippen molar-refractivity contribution in [1.29, 1.82) is 0 Å². The summed E-state index contributed by atoms with van der Waals surface area (Å²) in [7, 11) is 0. The van der Waals surface area contributed by atoms with Gasteiger partial charge in [0, 0.05) is 99.8 Å². The van der Waals surface area contributed by atoms with E-state index in [1.807, 2.05) is 69.3 Å². The molecule has 9 aliphatic rings. The first-order valence-corrected chi connectivity index (χ1v) is 31.3. The lowest BCUT2D eigenvalue weighted by Gasteiger charge is -2.02. The lowest BCUT2D eigenvalue weighted by Crippen LogP contribution is -2.07. The number of nitro benzene ring substituents is 4. The molecule has 0 atom stereocenters. The van der Waals surface area contributed by atoms with Gasteiger partial charge in [-0.3, -0.25) is 54.8 Å². The van der Waals surface area contributed by atoms with E-state index in [-0.39, 0.29) is 89.1 Å². The van der Waals surface area contributed by atoms with E-state index in [0.29, 0.717) is 23.4 Å². The van der Waals surface area contributed by atoms with Crippen LogP contribution in [-0.4, -0.2) is 48.0 Å². The molecule has 0 bridgehead atoms. The molecule has 36 nitrogen and oxygen atoms in total. The summed E-state index contributed by atoms with van der Waals surface area (Å²) in [5, 5.41) is 117. The van der Waals surface area contributed by atoms with Crippen molar-refractivity contribution < 1.29 is 39.2 Å². The van der Waals surface area contributed by atoms with Crippen molar-refractivity contribution in [3.63, 3.8) is 0 Å². The molecule has 0 saturated heterocycles. The second-order valence-electron chi connectivity index (χ2n) is 23.4.